The van der Waals surface area contributed by atoms with Gasteiger partial charge >= 0.3 is 0 Å². The number of aliphatic hydroxyl groups excluding tert-OH is 1. The molecule has 1 fully saturated rings. The second-order valence-electron chi connectivity index (χ2n) is 8.35. The molecule has 0 saturated carbocycles. The van der Waals surface area contributed by atoms with Crippen molar-refractivity contribution in [1.82, 2.24) is 15.0 Å². The first kappa shape index (κ1) is 23.8. The minimum absolute atomic E-state index is 0.0156. The van der Waals surface area contributed by atoms with Crippen LogP contribution in [0.4, 0.5) is 5.95 Å². The van der Waals surface area contributed by atoms with Crippen LogP contribution in [0.15, 0.2) is 0 Å². The zero-order chi connectivity index (χ0) is 21.2. The molecule has 10 heteroatoms. The summed E-state index contributed by atoms with van der Waals surface area (Å²) in [5.41, 5.74) is 1.41. The molecule has 1 saturated heterocycles. The molecular formula is C18H32Cl2N4O3Si. The molecule has 3 atom stereocenters. The Morgan fingerprint density at radius 1 is 1.07 bits per heavy atom. The smallest absolute Gasteiger partial charge is 0.232 e. The third-order valence-electron chi connectivity index (χ3n) is 5.73. The van der Waals surface area contributed by atoms with Gasteiger partial charge in [0, 0.05) is 13.5 Å². The number of aliphatic hydroxyl groups is 1. The number of hydrogen-bond donors (Lipinski definition) is 1. The van der Waals surface area contributed by atoms with Crippen LogP contribution in [0.1, 0.15) is 48.0 Å². The molecule has 1 aromatic heterocycles. The second kappa shape index (κ2) is 9.53. The molecule has 0 amide bonds. The SMILES string of the molecule is CC(C)[Si](OC[C@H]1O[C@H](N(C)c2nc(Cl)nc(Cl)n2)C[C@@H]1O)(C(C)C)C(C)C. The van der Waals surface area contributed by atoms with Gasteiger partial charge in [0.25, 0.3) is 0 Å². The van der Waals surface area contributed by atoms with E-state index in [-0.39, 0.29) is 10.6 Å². The Balaban J connectivity index is 2.08. The quantitative estimate of drug-likeness (QED) is 0.591. The van der Waals surface area contributed by atoms with Crippen molar-refractivity contribution in [3.63, 3.8) is 0 Å². The first-order valence-electron chi connectivity index (χ1n) is 9.76. The fourth-order valence-corrected chi connectivity index (χ4v) is 10.2. The summed E-state index contributed by atoms with van der Waals surface area (Å²) in [6, 6.07) is 0. The van der Waals surface area contributed by atoms with Crippen LogP contribution in [0.2, 0.25) is 27.2 Å². The summed E-state index contributed by atoms with van der Waals surface area (Å²) in [6.07, 6.45) is -1.00. The fourth-order valence-electron chi connectivity index (χ4n) is 4.44. The molecule has 1 aromatic rings. The van der Waals surface area contributed by atoms with E-state index < -0.39 is 26.8 Å². The predicted molar refractivity (Wildman–Crippen MR) is 115 cm³/mol. The van der Waals surface area contributed by atoms with Crippen molar-refractivity contribution in [3.8, 4) is 0 Å². The van der Waals surface area contributed by atoms with E-state index in [4.69, 9.17) is 32.4 Å². The molecule has 2 heterocycles. The highest BCUT2D eigenvalue weighted by molar-refractivity contribution is 6.77. The van der Waals surface area contributed by atoms with Gasteiger partial charge in [-0.05, 0) is 39.8 Å². The van der Waals surface area contributed by atoms with E-state index in [9.17, 15) is 5.11 Å². The molecule has 2 rings (SSSR count). The molecule has 0 unspecified atom stereocenters. The van der Waals surface area contributed by atoms with Crippen molar-refractivity contribution < 1.29 is 14.3 Å². The molecule has 0 aromatic carbocycles. The Labute approximate surface area is 178 Å². The maximum atomic E-state index is 10.6. The van der Waals surface area contributed by atoms with Crippen molar-refractivity contribution in [2.45, 2.75) is 83.0 Å². The van der Waals surface area contributed by atoms with Gasteiger partial charge in [-0.1, -0.05) is 41.5 Å². The summed E-state index contributed by atoms with van der Waals surface area (Å²) in [7, 11) is -0.250. The van der Waals surface area contributed by atoms with Crippen LogP contribution in [-0.4, -0.2) is 60.5 Å². The number of nitrogens with zero attached hydrogens (tertiary/aromatic N) is 4. The van der Waals surface area contributed by atoms with Gasteiger partial charge in [0.05, 0.1) is 12.7 Å². The largest absolute Gasteiger partial charge is 0.413 e. The van der Waals surface area contributed by atoms with E-state index in [0.29, 0.717) is 35.6 Å². The lowest BCUT2D eigenvalue weighted by molar-refractivity contribution is -0.0192. The molecule has 160 valence electrons. The molecular weight excluding hydrogens is 419 g/mol. The van der Waals surface area contributed by atoms with Crippen LogP contribution in [0.25, 0.3) is 0 Å². The molecule has 0 aliphatic carbocycles. The highest BCUT2D eigenvalue weighted by atomic mass is 35.5. The summed E-state index contributed by atoms with van der Waals surface area (Å²) in [5, 5.41) is 10.6. The highest BCUT2D eigenvalue weighted by Gasteiger charge is 2.47. The Bertz CT molecular complexity index is 624. The standard InChI is InChI=1S/C18H32Cl2N4O3Si/c1-10(2)28(11(3)4,12(5)6)26-9-14-13(25)8-15(27-14)24(7)18-22-16(19)21-17(20)23-18/h10-15,25H,8-9H2,1-7H3/t13-,14+,15-/m0/s1. The van der Waals surface area contributed by atoms with Crippen molar-refractivity contribution in [2.24, 2.45) is 0 Å². The van der Waals surface area contributed by atoms with E-state index in [1.807, 2.05) is 0 Å². The van der Waals surface area contributed by atoms with Gasteiger partial charge in [0.1, 0.15) is 12.3 Å². The maximum absolute atomic E-state index is 10.6. The van der Waals surface area contributed by atoms with Crippen molar-refractivity contribution >= 4 is 37.5 Å². The lowest BCUT2D eigenvalue weighted by atomic mass is 10.2. The molecule has 1 aliphatic rings. The third-order valence-corrected chi connectivity index (χ3v) is 12.1. The fraction of sp³-hybridized carbons (Fsp3) is 0.833. The van der Waals surface area contributed by atoms with E-state index >= 15 is 0 Å². The molecule has 0 radical (unpaired) electrons. The van der Waals surface area contributed by atoms with Crippen LogP contribution in [0.3, 0.4) is 0 Å². The Morgan fingerprint density at radius 2 is 1.57 bits per heavy atom. The zero-order valence-electron chi connectivity index (χ0n) is 17.7. The summed E-state index contributed by atoms with van der Waals surface area (Å²) >= 11 is 11.7. The topological polar surface area (TPSA) is 80.6 Å². The normalized spacial score (nSPS) is 23.2. The maximum Gasteiger partial charge on any atom is 0.232 e. The lowest BCUT2D eigenvalue weighted by Gasteiger charge is -2.42. The van der Waals surface area contributed by atoms with Gasteiger partial charge in [0.2, 0.25) is 16.5 Å². The van der Waals surface area contributed by atoms with E-state index in [0.717, 1.165) is 0 Å². The highest BCUT2D eigenvalue weighted by Crippen LogP contribution is 2.42. The first-order valence-corrected chi connectivity index (χ1v) is 12.7. The van der Waals surface area contributed by atoms with Gasteiger partial charge in [-0.25, -0.2) is 0 Å². The molecule has 28 heavy (non-hydrogen) atoms. The van der Waals surface area contributed by atoms with Gasteiger partial charge in [-0.15, -0.1) is 0 Å². The van der Waals surface area contributed by atoms with Crippen LogP contribution in [-0.2, 0) is 9.16 Å². The Hall–Kier alpha value is -0.513. The number of hydrogen-bond acceptors (Lipinski definition) is 7. The molecule has 1 N–H and O–H groups in total. The average molecular weight is 451 g/mol. The first-order chi connectivity index (χ1) is 13.0. The van der Waals surface area contributed by atoms with Gasteiger partial charge in [-0.3, -0.25) is 0 Å². The van der Waals surface area contributed by atoms with Crippen LogP contribution >= 0.6 is 23.2 Å². The van der Waals surface area contributed by atoms with Crippen molar-refractivity contribution in [1.29, 1.82) is 0 Å². The number of ether oxygens (including phenoxy) is 1. The van der Waals surface area contributed by atoms with Crippen molar-refractivity contribution in [2.75, 3.05) is 18.6 Å². The summed E-state index contributed by atoms with van der Waals surface area (Å²) < 4.78 is 12.7. The third kappa shape index (κ3) is 4.96. The molecule has 7 nitrogen and oxygen atoms in total. The molecule has 0 spiro atoms. The minimum atomic E-state index is -2.03. The van der Waals surface area contributed by atoms with Crippen LogP contribution < -0.4 is 4.90 Å². The summed E-state index contributed by atoms with van der Waals surface area (Å²) in [5.74, 6) is 0.305. The van der Waals surface area contributed by atoms with Crippen molar-refractivity contribution in [3.05, 3.63) is 10.6 Å². The number of anilines is 1. The summed E-state index contributed by atoms with van der Waals surface area (Å²) in [6.45, 7) is 13.8. The number of aromatic nitrogens is 3. The van der Waals surface area contributed by atoms with Crippen LogP contribution in [0, 0.1) is 0 Å². The van der Waals surface area contributed by atoms with E-state index in [1.54, 1.807) is 11.9 Å². The van der Waals surface area contributed by atoms with Crippen LogP contribution in [0.5, 0.6) is 0 Å². The monoisotopic (exact) mass is 450 g/mol. The Kier molecular flexibility index (Phi) is 8.09. The Morgan fingerprint density at radius 3 is 2.04 bits per heavy atom. The van der Waals surface area contributed by atoms with Gasteiger partial charge in [-0.2, -0.15) is 15.0 Å². The molecule has 1 aliphatic heterocycles. The summed E-state index contributed by atoms with van der Waals surface area (Å²) in [4.78, 5) is 13.6. The van der Waals surface area contributed by atoms with E-state index in [1.165, 1.54) is 0 Å². The zero-order valence-corrected chi connectivity index (χ0v) is 20.2. The van der Waals surface area contributed by atoms with E-state index in [2.05, 4.69) is 56.5 Å². The molecule has 0 bridgehead atoms. The minimum Gasteiger partial charge on any atom is -0.413 e. The lowest BCUT2D eigenvalue weighted by Crippen LogP contribution is -2.49. The van der Waals surface area contributed by atoms with Gasteiger partial charge in [0.15, 0.2) is 8.32 Å². The number of rotatable bonds is 8. The van der Waals surface area contributed by atoms with Gasteiger partial charge < -0.3 is 19.2 Å². The number of halogens is 2. The second-order valence-corrected chi connectivity index (χ2v) is 14.5. The average Bonchev–Trinajstić information content (AvgIpc) is 2.93. The predicted octanol–water partition coefficient (Wildman–Crippen LogP) is 4.28.